The molecule has 0 rings (SSSR count). The monoisotopic (exact) mass is 274 g/mol. The minimum atomic E-state index is -0.497. The second-order valence-corrected chi connectivity index (χ2v) is 7.15. The Hall–Kier alpha value is 0.310. The number of hydrogen-bond acceptors (Lipinski definition) is 2. The van der Waals surface area contributed by atoms with Gasteiger partial charge in [0, 0.05) is 5.75 Å². The van der Waals surface area contributed by atoms with Crippen LogP contribution in [0.15, 0.2) is 0 Å². The molecule has 0 aromatic rings. The van der Waals surface area contributed by atoms with Crippen LogP contribution in [0.25, 0.3) is 0 Å². The molecule has 0 atom stereocenters. The van der Waals surface area contributed by atoms with Crippen LogP contribution in [-0.2, 0) is 0 Å². The molecule has 2 heteroatoms. The van der Waals surface area contributed by atoms with Crippen molar-refractivity contribution in [1.29, 1.82) is 0 Å². The molecular formula is C16H34OS. The van der Waals surface area contributed by atoms with Crippen molar-refractivity contribution < 1.29 is 5.11 Å². The van der Waals surface area contributed by atoms with E-state index in [1.165, 1.54) is 70.0 Å². The van der Waals surface area contributed by atoms with E-state index in [0.29, 0.717) is 0 Å². The van der Waals surface area contributed by atoms with Crippen LogP contribution in [0, 0.1) is 0 Å². The molecule has 0 saturated heterocycles. The molecule has 0 aromatic heterocycles. The first-order valence-electron chi connectivity index (χ1n) is 7.86. The Morgan fingerprint density at radius 3 is 1.67 bits per heavy atom. The van der Waals surface area contributed by atoms with Crippen LogP contribution in [0.1, 0.15) is 85.0 Å². The first-order valence-corrected chi connectivity index (χ1v) is 9.02. The van der Waals surface area contributed by atoms with Gasteiger partial charge in [0.2, 0.25) is 0 Å². The van der Waals surface area contributed by atoms with Gasteiger partial charge in [0.05, 0.1) is 5.60 Å². The molecule has 0 saturated carbocycles. The third-order valence-electron chi connectivity index (χ3n) is 3.10. The highest BCUT2D eigenvalue weighted by atomic mass is 32.2. The van der Waals surface area contributed by atoms with Crippen LogP contribution in [0.3, 0.4) is 0 Å². The second kappa shape index (κ2) is 12.3. The minimum absolute atomic E-state index is 0.497. The zero-order valence-corrected chi connectivity index (χ0v) is 13.7. The normalized spacial score (nSPS) is 12.0. The van der Waals surface area contributed by atoms with E-state index in [1.807, 2.05) is 25.6 Å². The maximum Gasteiger partial charge on any atom is 0.0681 e. The maximum atomic E-state index is 9.56. The summed E-state index contributed by atoms with van der Waals surface area (Å²) in [5, 5.41) is 9.56. The average molecular weight is 275 g/mol. The lowest BCUT2D eigenvalue weighted by atomic mass is 10.1. The Balaban J connectivity index is 2.99. The van der Waals surface area contributed by atoms with Crippen LogP contribution in [0.4, 0.5) is 0 Å². The molecule has 0 aromatic carbocycles. The third kappa shape index (κ3) is 16.3. The van der Waals surface area contributed by atoms with Gasteiger partial charge >= 0.3 is 0 Å². The van der Waals surface area contributed by atoms with Gasteiger partial charge in [0.25, 0.3) is 0 Å². The molecule has 18 heavy (non-hydrogen) atoms. The van der Waals surface area contributed by atoms with Gasteiger partial charge in [-0.1, -0.05) is 64.7 Å². The molecule has 0 fully saturated rings. The van der Waals surface area contributed by atoms with Crippen molar-refractivity contribution in [3.05, 3.63) is 0 Å². The predicted molar refractivity (Wildman–Crippen MR) is 85.5 cm³/mol. The lowest BCUT2D eigenvalue weighted by Crippen LogP contribution is -2.21. The summed E-state index contributed by atoms with van der Waals surface area (Å²) in [5.74, 6) is 2.07. The fraction of sp³-hybridized carbons (Fsp3) is 1.00. The number of aliphatic hydroxyl groups is 1. The molecule has 0 aliphatic carbocycles. The van der Waals surface area contributed by atoms with Crippen molar-refractivity contribution in [2.24, 2.45) is 0 Å². The highest BCUT2D eigenvalue weighted by molar-refractivity contribution is 7.99. The topological polar surface area (TPSA) is 20.2 Å². The SMILES string of the molecule is CCCCCCCCCCCCSCC(C)(C)O. The zero-order valence-electron chi connectivity index (χ0n) is 12.8. The van der Waals surface area contributed by atoms with Gasteiger partial charge in [-0.15, -0.1) is 0 Å². The lowest BCUT2D eigenvalue weighted by molar-refractivity contribution is 0.107. The number of unbranched alkanes of at least 4 members (excludes halogenated alkanes) is 9. The zero-order chi connectivity index (χ0) is 13.7. The van der Waals surface area contributed by atoms with Gasteiger partial charge in [-0.3, -0.25) is 0 Å². The minimum Gasteiger partial charge on any atom is -0.390 e. The smallest absolute Gasteiger partial charge is 0.0681 e. The molecular weight excluding hydrogens is 240 g/mol. The number of thioether (sulfide) groups is 1. The Morgan fingerprint density at radius 2 is 1.22 bits per heavy atom. The number of rotatable bonds is 13. The van der Waals surface area contributed by atoms with Crippen molar-refractivity contribution in [3.63, 3.8) is 0 Å². The first-order chi connectivity index (χ1) is 8.56. The molecule has 0 aliphatic heterocycles. The van der Waals surface area contributed by atoms with E-state index >= 15 is 0 Å². The Morgan fingerprint density at radius 1 is 0.778 bits per heavy atom. The van der Waals surface area contributed by atoms with Crippen molar-refractivity contribution in [2.75, 3.05) is 11.5 Å². The number of hydrogen-bond donors (Lipinski definition) is 1. The summed E-state index contributed by atoms with van der Waals surface area (Å²) in [6.45, 7) is 6.05. The van der Waals surface area contributed by atoms with E-state index in [2.05, 4.69) is 6.92 Å². The summed E-state index contributed by atoms with van der Waals surface area (Å²) < 4.78 is 0. The van der Waals surface area contributed by atoms with Crippen LogP contribution >= 0.6 is 11.8 Å². The molecule has 0 bridgehead atoms. The highest BCUT2D eigenvalue weighted by Gasteiger charge is 2.11. The molecule has 0 unspecified atom stereocenters. The van der Waals surface area contributed by atoms with E-state index in [4.69, 9.17) is 0 Å². The Kier molecular flexibility index (Phi) is 12.6. The van der Waals surface area contributed by atoms with Crippen molar-refractivity contribution >= 4 is 11.8 Å². The second-order valence-electron chi connectivity index (χ2n) is 6.05. The molecule has 0 spiro atoms. The molecule has 0 amide bonds. The van der Waals surface area contributed by atoms with Crippen molar-refractivity contribution in [3.8, 4) is 0 Å². The largest absolute Gasteiger partial charge is 0.390 e. The molecule has 0 radical (unpaired) electrons. The third-order valence-corrected chi connectivity index (χ3v) is 4.59. The van der Waals surface area contributed by atoms with E-state index < -0.39 is 5.60 Å². The highest BCUT2D eigenvalue weighted by Crippen LogP contribution is 2.15. The van der Waals surface area contributed by atoms with Crippen molar-refractivity contribution in [2.45, 2.75) is 90.6 Å². The van der Waals surface area contributed by atoms with Gasteiger partial charge in [-0.25, -0.2) is 0 Å². The van der Waals surface area contributed by atoms with E-state index in [-0.39, 0.29) is 0 Å². The van der Waals surface area contributed by atoms with Crippen LogP contribution in [-0.4, -0.2) is 22.2 Å². The molecule has 0 heterocycles. The maximum absolute atomic E-state index is 9.56. The molecule has 1 N–H and O–H groups in total. The first kappa shape index (κ1) is 18.3. The lowest BCUT2D eigenvalue weighted by Gasteiger charge is -2.15. The average Bonchev–Trinajstić information content (AvgIpc) is 2.29. The van der Waals surface area contributed by atoms with Crippen LogP contribution in [0.5, 0.6) is 0 Å². The van der Waals surface area contributed by atoms with Crippen molar-refractivity contribution in [1.82, 2.24) is 0 Å². The fourth-order valence-electron chi connectivity index (χ4n) is 2.01. The quantitative estimate of drug-likeness (QED) is 0.453. The Bertz CT molecular complexity index is 163. The van der Waals surface area contributed by atoms with Crippen LogP contribution < -0.4 is 0 Å². The molecule has 1 nitrogen and oxygen atoms in total. The molecule has 0 aliphatic rings. The summed E-state index contributed by atoms with van der Waals surface area (Å²) in [6.07, 6.45) is 14.0. The van der Waals surface area contributed by atoms with E-state index in [1.54, 1.807) is 0 Å². The summed E-state index contributed by atoms with van der Waals surface area (Å²) in [4.78, 5) is 0. The van der Waals surface area contributed by atoms with Gasteiger partial charge in [0.15, 0.2) is 0 Å². The standard InChI is InChI=1S/C16H34OS/c1-4-5-6-7-8-9-10-11-12-13-14-18-15-16(2,3)17/h17H,4-15H2,1-3H3. The van der Waals surface area contributed by atoms with E-state index in [0.717, 1.165) is 5.75 Å². The van der Waals surface area contributed by atoms with Gasteiger partial charge < -0.3 is 5.11 Å². The van der Waals surface area contributed by atoms with Gasteiger partial charge in [0.1, 0.15) is 0 Å². The molecule has 110 valence electrons. The summed E-state index contributed by atoms with van der Waals surface area (Å²) in [5.41, 5.74) is -0.497. The summed E-state index contributed by atoms with van der Waals surface area (Å²) in [6, 6.07) is 0. The summed E-state index contributed by atoms with van der Waals surface area (Å²) in [7, 11) is 0. The van der Waals surface area contributed by atoms with E-state index in [9.17, 15) is 5.11 Å². The fourth-order valence-corrected chi connectivity index (χ4v) is 3.07. The van der Waals surface area contributed by atoms with Gasteiger partial charge in [-0.2, -0.15) is 11.8 Å². The van der Waals surface area contributed by atoms with Gasteiger partial charge in [-0.05, 0) is 26.0 Å². The predicted octanol–water partition coefficient (Wildman–Crippen LogP) is 5.41. The summed E-state index contributed by atoms with van der Waals surface area (Å²) >= 11 is 1.89. The Labute approximate surface area is 119 Å². The van der Waals surface area contributed by atoms with Crippen LogP contribution in [0.2, 0.25) is 0 Å².